The summed E-state index contributed by atoms with van der Waals surface area (Å²) in [5.74, 6) is -0.664. The lowest BCUT2D eigenvalue weighted by atomic mass is 9.58. The van der Waals surface area contributed by atoms with Gasteiger partial charge >= 0.3 is 5.97 Å². The summed E-state index contributed by atoms with van der Waals surface area (Å²) in [5.41, 5.74) is 0.403. The van der Waals surface area contributed by atoms with E-state index >= 15 is 0 Å². The van der Waals surface area contributed by atoms with Crippen LogP contribution in [0.2, 0.25) is 0 Å². The van der Waals surface area contributed by atoms with Gasteiger partial charge in [-0.2, -0.15) is 0 Å². The average molecular weight is 510 g/mol. The maximum absolute atomic E-state index is 14.1. The van der Waals surface area contributed by atoms with E-state index in [2.05, 4.69) is 5.32 Å². The molecular weight excluding hydrogens is 482 g/mol. The van der Waals surface area contributed by atoms with Crippen LogP contribution in [0.15, 0.2) is 78.9 Å². The van der Waals surface area contributed by atoms with Crippen LogP contribution in [0.1, 0.15) is 23.5 Å². The molecule has 0 aliphatic carbocycles. The Bertz CT molecular complexity index is 1470. The lowest BCUT2D eigenvalue weighted by Gasteiger charge is -2.53. The Hall–Kier alpha value is -4.17. The number of rotatable bonds is 4. The van der Waals surface area contributed by atoms with Crippen molar-refractivity contribution in [3.63, 3.8) is 0 Å². The molecule has 0 radical (unpaired) electrons. The van der Waals surface area contributed by atoms with E-state index in [0.717, 1.165) is 11.1 Å². The summed E-state index contributed by atoms with van der Waals surface area (Å²) in [7, 11) is 3.47. The number of benzene rings is 3. The van der Waals surface area contributed by atoms with Crippen LogP contribution in [0.25, 0.3) is 0 Å². The van der Waals surface area contributed by atoms with Crippen LogP contribution in [0.3, 0.4) is 0 Å². The number of carbonyl (C=O) groups excluding carboxylic acids is 3. The Morgan fingerprint density at radius 1 is 0.947 bits per heavy atom. The molecule has 0 unspecified atom stereocenters. The molecule has 4 heterocycles. The van der Waals surface area contributed by atoms with Crippen molar-refractivity contribution >= 4 is 29.2 Å². The average Bonchev–Trinajstić information content (AvgIpc) is 3.41. The Labute approximate surface area is 220 Å². The normalized spacial score (nSPS) is 31.6. The number of amides is 2. The van der Waals surface area contributed by atoms with Crippen LogP contribution in [-0.4, -0.2) is 55.5 Å². The van der Waals surface area contributed by atoms with E-state index in [9.17, 15) is 14.4 Å². The van der Waals surface area contributed by atoms with Crippen molar-refractivity contribution < 1.29 is 23.9 Å². The van der Waals surface area contributed by atoms with Gasteiger partial charge in [0.1, 0.15) is 17.3 Å². The summed E-state index contributed by atoms with van der Waals surface area (Å²) in [6.07, 6.45) is -0.416. The Morgan fingerprint density at radius 3 is 2.39 bits per heavy atom. The predicted octanol–water partition coefficient (Wildman–Crippen LogP) is 3.29. The molecule has 5 atom stereocenters. The van der Waals surface area contributed by atoms with Crippen LogP contribution >= 0.6 is 0 Å². The zero-order chi connectivity index (χ0) is 26.2. The van der Waals surface area contributed by atoms with E-state index in [0.29, 0.717) is 30.1 Å². The summed E-state index contributed by atoms with van der Waals surface area (Å²) in [5, 5.41) is 3.08. The molecule has 1 N–H and O–H groups in total. The van der Waals surface area contributed by atoms with E-state index in [1.165, 1.54) is 0 Å². The molecule has 4 aliphatic heterocycles. The van der Waals surface area contributed by atoms with Crippen molar-refractivity contribution in [1.82, 2.24) is 4.90 Å². The highest BCUT2D eigenvalue weighted by Gasteiger charge is 2.81. The first-order valence-corrected chi connectivity index (χ1v) is 12.8. The standard InChI is InChI=1S/C30H27N3O5/c1-32-17-16-29-25(38-28(36)30(29,32)21-10-6-7-11-22(21)31-27(29)35)24-23(18-8-4-3-5-9-18)26(34)33(24)19-12-14-20(37-2)15-13-19/h3-15,23-25H,16-17H2,1-2H3,(H,31,35)/t23-,24+,25-,29-,30+/m1/s1. The minimum absolute atomic E-state index is 0.0979. The smallest absolute Gasteiger partial charge is 0.332 e. The number of ether oxygens (including phenoxy) is 2. The first-order chi connectivity index (χ1) is 18.4. The Kier molecular flexibility index (Phi) is 4.79. The molecule has 192 valence electrons. The number of para-hydroxylation sites is 1. The number of hydrogen-bond donors (Lipinski definition) is 1. The largest absolute Gasteiger partial charge is 0.497 e. The van der Waals surface area contributed by atoms with Gasteiger partial charge in [-0.3, -0.25) is 14.5 Å². The molecule has 8 nitrogen and oxygen atoms in total. The maximum Gasteiger partial charge on any atom is 0.332 e. The van der Waals surface area contributed by atoms with Crippen LogP contribution in [-0.2, 0) is 24.7 Å². The SMILES string of the molecule is COc1ccc(N2C(=O)[C@H](c3ccccc3)[C@H]2[C@H]2OC(=O)[C@@]34c5ccccc5NC(=O)[C@@]23CCN4C)cc1. The third kappa shape index (κ3) is 2.60. The van der Waals surface area contributed by atoms with Crippen molar-refractivity contribution in [3.8, 4) is 5.75 Å². The number of fused-ring (bicyclic) bond motifs is 1. The summed E-state index contributed by atoms with van der Waals surface area (Å²) in [6, 6.07) is 23.6. The topological polar surface area (TPSA) is 88.2 Å². The number of carbonyl (C=O) groups is 3. The highest BCUT2D eigenvalue weighted by atomic mass is 16.6. The zero-order valence-electron chi connectivity index (χ0n) is 21.1. The van der Waals surface area contributed by atoms with Gasteiger partial charge in [0, 0.05) is 23.5 Å². The number of cyclic esters (lactones) is 1. The monoisotopic (exact) mass is 509 g/mol. The summed E-state index contributed by atoms with van der Waals surface area (Å²) in [4.78, 5) is 45.7. The molecule has 0 spiro atoms. The quantitative estimate of drug-likeness (QED) is 0.429. The first-order valence-electron chi connectivity index (χ1n) is 12.8. The summed E-state index contributed by atoms with van der Waals surface area (Å²) < 4.78 is 11.6. The number of hydrogen-bond acceptors (Lipinski definition) is 6. The van der Waals surface area contributed by atoms with Gasteiger partial charge in [-0.15, -0.1) is 0 Å². The molecule has 2 amide bonds. The van der Waals surface area contributed by atoms with Crippen molar-refractivity contribution in [2.24, 2.45) is 5.41 Å². The van der Waals surface area contributed by atoms with Crippen LogP contribution in [0.5, 0.6) is 5.75 Å². The number of esters is 1. The molecular formula is C30H27N3O5. The van der Waals surface area contributed by atoms with Gasteiger partial charge in [0.25, 0.3) is 0 Å². The van der Waals surface area contributed by atoms with Gasteiger partial charge in [-0.1, -0.05) is 48.5 Å². The molecule has 3 aromatic rings. The van der Waals surface area contributed by atoms with Crippen LogP contribution in [0.4, 0.5) is 11.4 Å². The number of likely N-dealkylation sites (tertiary alicyclic amines) is 1. The third-order valence-electron chi connectivity index (χ3n) is 9.01. The number of anilines is 2. The number of β-lactam (4-membered cyclic amide) rings is 1. The molecule has 0 bridgehead atoms. The molecule has 3 aromatic carbocycles. The van der Waals surface area contributed by atoms with E-state index in [1.807, 2.05) is 78.7 Å². The second-order valence-electron chi connectivity index (χ2n) is 10.5. The van der Waals surface area contributed by atoms with Crippen molar-refractivity contribution in [3.05, 3.63) is 90.0 Å². The number of methoxy groups -OCH3 is 1. The van der Waals surface area contributed by atoms with Gasteiger partial charge in [0.05, 0.1) is 19.1 Å². The molecule has 0 aromatic heterocycles. The summed E-state index contributed by atoms with van der Waals surface area (Å²) >= 11 is 0. The van der Waals surface area contributed by atoms with Crippen molar-refractivity contribution in [2.45, 2.75) is 30.0 Å². The third-order valence-corrected chi connectivity index (χ3v) is 9.01. The molecule has 4 aliphatic rings. The van der Waals surface area contributed by atoms with Gasteiger partial charge in [0.2, 0.25) is 11.8 Å². The molecule has 8 heteroatoms. The molecule has 0 saturated carbocycles. The molecule has 3 fully saturated rings. The molecule has 38 heavy (non-hydrogen) atoms. The number of likely N-dealkylation sites (N-methyl/N-ethyl adjacent to an activating group) is 1. The van der Waals surface area contributed by atoms with Crippen LogP contribution < -0.4 is 15.0 Å². The van der Waals surface area contributed by atoms with Gasteiger partial charge < -0.3 is 19.7 Å². The Balaban J connectivity index is 1.42. The lowest BCUT2D eigenvalue weighted by Crippen LogP contribution is -2.70. The fourth-order valence-corrected chi connectivity index (χ4v) is 7.35. The van der Waals surface area contributed by atoms with Crippen molar-refractivity contribution in [2.75, 3.05) is 30.9 Å². The minimum Gasteiger partial charge on any atom is -0.497 e. The van der Waals surface area contributed by atoms with Gasteiger partial charge in [0.15, 0.2) is 5.54 Å². The van der Waals surface area contributed by atoms with E-state index in [4.69, 9.17) is 9.47 Å². The highest BCUT2D eigenvalue weighted by Crippen LogP contribution is 2.65. The van der Waals surface area contributed by atoms with Gasteiger partial charge in [-0.05, 0) is 49.4 Å². The molecule has 7 rings (SSSR count). The Morgan fingerprint density at radius 2 is 1.66 bits per heavy atom. The lowest BCUT2D eigenvalue weighted by molar-refractivity contribution is -0.152. The van der Waals surface area contributed by atoms with E-state index < -0.39 is 35.0 Å². The fraction of sp³-hybridized carbons (Fsp3) is 0.300. The zero-order valence-corrected chi connectivity index (χ0v) is 21.1. The fourth-order valence-electron chi connectivity index (χ4n) is 7.35. The summed E-state index contributed by atoms with van der Waals surface area (Å²) in [6.45, 7) is 0.548. The second kappa shape index (κ2) is 7.91. The predicted molar refractivity (Wildman–Crippen MR) is 140 cm³/mol. The van der Waals surface area contributed by atoms with E-state index in [1.54, 1.807) is 24.1 Å². The molecule has 3 saturated heterocycles. The van der Waals surface area contributed by atoms with E-state index in [-0.39, 0.29) is 11.8 Å². The number of nitrogens with zero attached hydrogens (tertiary/aromatic N) is 2. The number of nitrogens with one attached hydrogen (secondary N) is 1. The van der Waals surface area contributed by atoms with Crippen LogP contribution in [0, 0.1) is 5.41 Å². The highest BCUT2D eigenvalue weighted by molar-refractivity contribution is 6.12. The second-order valence-corrected chi connectivity index (χ2v) is 10.5. The van der Waals surface area contributed by atoms with Crippen molar-refractivity contribution in [1.29, 1.82) is 0 Å². The first kappa shape index (κ1) is 23.0. The van der Waals surface area contributed by atoms with Gasteiger partial charge in [-0.25, -0.2) is 4.79 Å². The minimum atomic E-state index is -1.26. The maximum atomic E-state index is 14.1.